The van der Waals surface area contributed by atoms with Crippen molar-refractivity contribution in [3.05, 3.63) is 30.2 Å². The lowest BCUT2D eigenvalue weighted by atomic mass is 10.1. The molecule has 3 rings (SSSR count). The summed E-state index contributed by atoms with van der Waals surface area (Å²) in [5.41, 5.74) is 1.13. The molecule has 0 radical (unpaired) electrons. The molecule has 3 heterocycles. The van der Waals surface area contributed by atoms with Crippen LogP contribution in [0.2, 0.25) is 0 Å². The van der Waals surface area contributed by atoms with Crippen LogP contribution in [0.3, 0.4) is 0 Å². The van der Waals surface area contributed by atoms with Crippen molar-refractivity contribution in [3.8, 4) is 0 Å². The van der Waals surface area contributed by atoms with Gasteiger partial charge in [0.15, 0.2) is 0 Å². The normalized spacial score (nSPS) is 17.7. The second kappa shape index (κ2) is 6.50. The monoisotopic (exact) mass is 301 g/mol. The number of anilines is 1. The van der Waals surface area contributed by atoms with Crippen molar-refractivity contribution in [2.24, 2.45) is 0 Å². The molecule has 1 atom stereocenters. The maximum atomic E-state index is 12.5. The van der Waals surface area contributed by atoms with Gasteiger partial charge in [-0.15, -0.1) is 5.10 Å². The van der Waals surface area contributed by atoms with E-state index in [2.05, 4.69) is 25.8 Å². The average molecular weight is 301 g/mol. The van der Waals surface area contributed by atoms with Gasteiger partial charge >= 0.3 is 0 Å². The summed E-state index contributed by atoms with van der Waals surface area (Å²) in [5.74, 6) is 0.964. The zero-order valence-electron chi connectivity index (χ0n) is 12.5. The van der Waals surface area contributed by atoms with Gasteiger partial charge in [-0.3, -0.25) is 4.79 Å². The van der Waals surface area contributed by atoms with Crippen molar-refractivity contribution < 1.29 is 4.79 Å². The van der Waals surface area contributed by atoms with Crippen LogP contribution < -0.4 is 5.32 Å². The van der Waals surface area contributed by atoms with Gasteiger partial charge in [-0.1, -0.05) is 0 Å². The number of nitrogens with zero attached hydrogens (tertiary/aromatic N) is 6. The Morgan fingerprint density at radius 3 is 3.18 bits per heavy atom. The molecule has 1 amide bonds. The minimum atomic E-state index is 0.136. The predicted molar refractivity (Wildman–Crippen MR) is 79.9 cm³/mol. The first-order valence-corrected chi connectivity index (χ1v) is 7.42. The fourth-order valence-corrected chi connectivity index (χ4v) is 2.84. The first kappa shape index (κ1) is 14.4. The van der Waals surface area contributed by atoms with Gasteiger partial charge in [-0.25, -0.2) is 9.67 Å². The van der Waals surface area contributed by atoms with Crippen LogP contribution in [0.5, 0.6) is 0 Å². The van der Waals surface area contributed by atoms with E-state index in [0.717, 1.165) is 30.8 Å². The van der Waals surface area contributed by atoms with Crippen LogP contribution in [-0.2, 0) is 11.3 Å². The van der Waals surface area contributed by atoms with E-state index < -0.39 is 0 Å². The number of pyridine rings is 1. The average Bonchev–Trinajstić information content (AvgIpc) is 3.24. The zero-order chi connectivity index (χ0) is 15.4. The van der Waals surface area contributed by atoms with Crippen LogP contribution in [0.4, 0.5) is 5.82 Å². The number of tetrazole rings is 1. The smallest absolute Gasteiger partial charge is 0.224 e. The van der Waals surface area contributed by atoms with Crippen molar-refractivity contribution >= 4 is 11.7 Å². The molecule has 0 saturated carbocycles. The van der Waals surface area contributed by atoms with E-state index in [-0.39, 0.29) is 11.9 Å². The van der Waals surface area contributed by atoms with Crippen molar-refractivity contribution in [2.45, 2.75) is 31.8 Å². The number of rotatable bonds is 5. The molecular weight excluding hydrogens is 282 g/mol. The Bertz CT molecular complexity index is 628. The molecule has 8 heteroatoms. The molecule has 0 aliphatic carbocycles. The molecule has 1 fully saturated rings. The molecule has 1 aliphatic rings. The van der Waals surface area contributed by atoms with Gasteiger partial charge in [-0.05, 0) is 41.0 Å². The lowest BCUT2D eigenvalue weighted by molar-refractivity contribution is -0.132. The van der Waals surface area contributed by atoms with Gasteiger partial charge in [0.25, 0.3) is 0 Å². The van der Waals surface area contributed by atoms with Crippen LogP contribution in [0.15, 0.2) is 24.7 Å². The number of aromatic nitrogens is 5. The Morgan fingerprint density at radius 1 is 1.50 bits per heavy atom. The molecule has 0 aromatic carbocycles. The largest absolute Gasteiger partial charge is 0.373 e. The second-order valence-electron chi connectivity index (χ2n) is 5.29. The van der Waals surface area contributed by atoms with E-state index in [0.29, 0.717) is 13.0 Å². The van der Waals surface area contributed by atoms with E-state index in [1.54, 1.807) is 10.9 Å². The third-order valence-electron chi connectivity index (χ3n) is 3.94. The van der Waals surface area contributed by atoms with Crippen LogP contribution in [-0.4, -0.2) is 49.6 Å². The van der Waals surface area contributed by atoms with Gasteiger partial charge in [0.2, 0.25) is 5.91 Å². The SMILES string of the molecule is CNc1cc([C@@H]2CCCN2C(=O)CCn2cnnn2)ccn1. The molecule has 1 aliphatic heterocycles. The lowest BCUT2D eigenvalue weighted by Crippen LogP contribution is -2.31. The Balaban J connectivity index is 1.68. The molecule has 0 bridgehead atoms. The third kappa shape index (κ3) is 3.05. The summed E-state index contributed by atoms with van der Waals surface area (Å²) < 4.78 is 1.58. The summed E-state index contributed by atoms with van der Waals surface area (Å²) in [6.07, 6.45) is 5.73. The molecular formula is C14H19N7O. The highest BCUT2D eigenvalue weighted by atomic mass is 16.2. The number of hydrogen-bond acceptors (Lipinski definition) is 6. The van der Waals surface area contributed by atoms with Crippen LogP contribution >= 0.6 is 0 Å². The van der Waals surface area contributed by atoms with Gasteiger partial charge in [0.05, 0.1) is 12.6 Å². The van der Waals surface area contributed by atoms with Crippen LogP contribution in [0, 0.1) is 0 Å². The van der Waals surface area contributed by atoms with Crippen molar-refractivity contribution in [3.63, 3.8) is 0 Å². The quantitative estimate of drug-likeness (QED) is 0.881. The van der Waals surface area contributed by atoms with Crippen molar-refractivity contribution in [2.75, 3.05) is 18.9 Å². The summed E-state index contributed by atoms with van der Waals surface area (Å²) >= 11 is 0. The number of carbonyl (C=O) groups excluding carboxylic acids is 1. The number of aryl methyl sites for hydroxylation is 1. The fourth-order valence-electron chi connectivity index (χ4n) is 2.84. The van der Waals surface area contributed by atoms with Crippen molar-refractivity contribution in [1.29, 1.82) is 0 Å². The summed E-state index contributed by atoms with van der Waals surface area (Å²) in [6, 6.07) is 4.13. The highest BCUT2D eigenvalue weighted by Gasteiger charge is 2.29. The second-order valence-corrected chi connectivity index (χ2v) is 5.29. The van der Waals surface area contributed by atoms with E-state index in [4.69, 9.17) is 0 Å². The van der Waals surface area contributed by atoms with E-state index >= 15 is 0 Å². The first-order chi connectivity index (χ1) is 10.8. The molecule has 22 heavy (non-hydrogen) atoms. The molecule has 1 N–H and O–H groups in total. The number of carbonyl (C=O) groups is 1. The fraction of sp³-hybridized carbons (Fsp3) is 0.500. The molecule has 2 aromatic rings. The van der Waals surface area contributed by atoms with Gasteiger partial charge < -0.3 is 10.2 Å². The first-order valence-electron chi connectivity index (χ1n) is 7.42. The zero-order valence-corrected chi connectivity index (χ0v) is 12.5. The minimum Gasteiger partial charge on any atom is -0.373 e. The number of hydrogen-bond donors (Lipinski definition) is 1. The van der Waals surface area contributed by atoms with Crippen LogP contribution in [0.25, 0.3) is 0 Å². The van der Waals surface area contributed by atoms with E-state index in [1.165, 1.54) is 6.33 Å². The summed E-state index contributed by atoms with van der Waals surface area (Å²) in [5, 5.41) is 14.0. The molecule has 2 aromatic heterocycles. The van der Waals surface area contributed by atoms with Gasteiger partial charge in [0, 0.05) is 26.2 Å². The Kier molecular flexibility index (Phi) is 4.27. The van der Waals surface area contributed by atoms with E-state index in [9.17, 15) is 4.79 Å². The maximum absolute atomic E-state index is 12.5. The summed E-state index contributed by atoms with van der Waals surface area (Å²) in [7, 11) is 1.84. The van der Waals surface area contributed by atoms with Crippen molar-refractivity contribution in [1.82, 2.24) is 30.1 Å². The standard InChI is InChI=1S/C14H19N7O/c1-15-13-9-11(4-6-16-13)12-3-2-7-21(12)14(22)5-8-20-10-17-18-19-20/h4,6,9-10,12H,2-3,5,7-8H2,1H3,(H,15,16)/t12-/m0/s1. The highest BCUT2D eigenvalue weighted by molar-refractivity contribution is 5.77. The van der Waals surface area contributed by atoms with Crippen LogP contribution in [0.1, 0.15) is 30.9 Å². The van der Waals surface area contributed by atoms with Gasteiger partial charge in [0.1, 0.15) is 12.1 Å². The van der Waals surface area contributed by atoms with Gasteiger partial charge in [-0.2, -0.15) is 0 Å². The van der Waals surface area contributed by atoms with E-state index in [1.807, 2.05) is 24.1 Å². The lowest BCUT2D eigenvalue weighted by Gasteiger charge is -2.25. The maximum Gasteiger partial charge on any atom is 0.224 e. The minimum absolute atomic E-state index is 0.136. The number of likely N-dealkylation sites (tertiary alicyclic amines) is 1. The topological polar surface area (TPSA) is 88.8 Å². The highest BCUT2D eigenvalue weighted by Crippen LogP contribution is 2.32. The Labute approximate surface area is 128 Å². The molecule has 0 unspecified atom stereocenters. The molecule has 1 saturated heterocycles. The third-order valence-corrected chi connectivity index (χ3v) is 3.94. The molecule has 116 valence electrons. The summed E-state index contributed by atoms with van der Waals surface area (Å²) in [6.45, 7) is 1.31. The predicted octanol–water partition coefficient (Wildman–Crippen LogP) is 0.864. The Morgan fingerprint density at radius 2 is 2.41 bits per heavy atom. The number of amides is 1. The molecule has 8 nitrogen and oxygen atoms in total. The molecule has 0 spiro atoms. The summed E-state index contributed by atoms with van der Waals surface area (Å²) in [4.78, 5) is 18.7. The number of nitrogens with one attached hydrogen (secondary N) is 1. The Hall–Kier alpha value is -2.51.